The maximum absolute atomic E-state index is 13.2. The summed E-state index contributed by atoms with van der Waals surface area (Å²) in [5.74, 6) is 1.37. The van der Waals surface area contributed by atoms with Crippen molar-refractivity contribution in [1.29, 1.82) is 0 Å². The second kappa shape index (κ2) is 8.50. The molecule has 0 unspecified atom stereocenters. The zero-order valence-corrected chi connectivity index (χ0v) is 18.2. The first-order valence-electron chi connectivity index (χ1n) is 9.59. The number of nitrogens with zero attached hydrogens (tertiary/aromatic N) is 2. The van der Waals surface area contributed by atoms with Crippen molar-refractivity contribution in [2.24, 2.45) is 0 Å². The van der Waals surface area contributed by atoms with Gasteiger partial charge in [0.15, 0.2) is 0 Å². The average molecular weight is 439 g/mol. The van der Waals surface area contributed by atoms with Crippen molar-refractivity contribution in [3.63, 3.8) is 0 Å². The number of halogens is 2. The normalized spacial score (nSPS) is 11.1. The third kappa shape index (κ3) is 4.07. The molecule has 0 aliphatic rings. The summed E-state index contributed by atoms with van der Waals surface area (Å²) in [7, 11) is 0. The van der Waals surface area contributed by atoms with E-state index in [1.165, 1.54) is 0 Å². The van der Waals surface area contributed by atoms with Crippen molar-refractivity contribution in [1.82, 2.24) is 9.55 Å². The smallest absolute Gasteiger partial charge is 0.261 e. The summed E-state index contributed by atoms with van der Waals surface area (Å²) in [6.45, 7) is 4.59. The second-order valence-corrected chi connectivity index (χ2v) is 8.01. The van der Waals surface area contributed by atoms with E-state index in [9.17, 15) is 4.79 Å². The highest BCUT2D eigenvalue weighted by Crippen LogP contribution is 2.27. The largest absolute Gasteiger partial charge is 0.491 e. The van der Waals surface area contributed by atoms with Gasteiger partial charge in [0.2, 0.25) is 0 Å². The second-order valence-electron chi connectivity index (χ2n) is 7.13. The predicted molar refractivity (Wildman–Crippen MR) is 123 cm³/mol. The average Bonchev–Trinajstić information content (AvgIpc) is 2.72. The van der Waals surface area contributed by atoms with Gasteiger partial charge in [-0.3, -0.25) is 9.36 Å². The Hall–Kier alpha value is -2.82. The zero-order chi connectivity index (χ0) is 21.3. The van der Waals surface area contributed by atoms with Crippen LogP contribution >= 0.6 is 23.2 Å². The van der Waals surface area contributed by atoms with E-state index in [1.807, 2.05) is 56.3 Å². The first-order valence-corrected chi connectivity index (χ1v) is 10.3. The molecule has 0 fully saturated rings. The Morgan fingerprint density at radius 2 is 1.60 bits per heavy atom. The maximum Gasteiger partial charge on any atom is 0.261 e. The maximum atomic E-state index is 13.2. The lowest BCUT2D eigenvalue weighted by Crippen LogP contribution is -2.26. The monoisotopic (exact) mass is 438 g/mol. The van der Waals surface area contributed by atoms with Crippen LogP contribution in [0.15, 0.2) is 65.5 Å². The molecule has 0 amide bonds. The number of hydrogen-bond acceptors (Lipinski definition) is 3. The molecule has 0 saturated heterocycles. The Morgan fingerprint density at radius 3 is 2.30 bits per heavy atom. The Bertz CT molecular complexity index is 1260. The molecule has 4 rings (SSSR count). The van der Waals surface area contributed by atoms with E-state index in [-0.39, 0.29) is 5.56 Å². The van der Waals surface area contributed by atoms with Crippen LogP contribution in [0.25, 0.3) is 22.3 Å². The first kappa shape index (κ1) is 20.5. The van der Waals surface area contributed by atoms with Gasteiger partial charge in [-0.15, -0.1) is 0 Å². The van der Waals surface area contributed by atoms with Gasteiger partial charge in [0.25, 0.3) is 5.56 Å². The van der Waals surface area contributed by atoms with Crippen molar-refractivity contribution < 1.29 is 4.74 Å². The number of aromatic nitrogens is 2. The van der Waals surface area contributed by atoms with Gasteiger partial charge in [0, 0.05) is 15.6 Å². The van der Waals surface area contributed by atoms with Crippen LogP contribution in [0, 0.1) is 13.8 Å². The molecular formula is C24H20Cl2N2O2. The third-order valence-corrected chi connectivity index (χ3v) is 5.42. The van der Waals surface area contributed by atoms with Crippen molar-refractivity contribution in [3.05, 3.63) is 92.2 Å². The van der Waals surface area contributed by atoms with Crippen molar-refractivity contribution in [3.8, 4) is 17.1 Å². The van der Waals surface area contributed by atoms with Gasteiger partial charge in [-0.25, -0.2) is 4.98 Å². The fourth-order valence-corrected chi connectivity index (χ4v) is 4.01. The number of benzene rings is 3. The Morgan fingerprint density at radius 1 is 0.933 bits per heavy atom. The van der Waals surface area contributed by atoms with Gasteiger partial charge in [-0.1, -0.05) is 35.3 Å². The zero-order valence-electron chi connectivity index (χ0n) is 16.7. The lowest BCUT2D eigenvalue weighted by molar-refractivity contribution is 0.293. The Balaban J connectivity index is 1.72. The van der Waals surface area contributed by atoms with E-state index in [2.05, 4.69) is 0 Å². The highest BCUT2D eigenvalue weighted by atomic mass is 35.5. The molecule has 0 saturated carbocycles. The number of fused-ring (bicyclic) bond motifs is 1. The van der Waals surface area contributed by atoms with E-state index in [0.29, 0.717) is 39.9 Å². The van der Waals surface area contributed by atoms with Crippen molar-refractivity contribution >= 4 is 34.1 Å². The molecule has 30 heavy (non-hydrogen) atoms. The number of aryl methyl sites for hydroxylation is 2. The highest BCUT2D eigenvalue weighted by molar-refractivity contribution is 6.31. The van der Waals surface area contributed by atoms with E-state index < -0.39 is 0 Å². The van der Waals surface area contributed by atoms with Crippen LogP contribution in [0.5, 0.6) is 5.75 Å². The summed E-state index contributed by atoms with van der Waals surface area (Å²) in [6.07, 6.45) is 0. The fraction of sp³-hybridized carbons (Fsp3) is 0.167. The number of hydrogen-bond donors (Lipinski definition) is 0. The Kier molecular flexibility index (Phi) is 5.80. The van der Waals surface area contributed by atoms with Crippen LogP contribution in [0.2, 0.25) is 10.0 Å². The van der Waals surface area contributed by atoms with E-state index in [4.69, 9.17) is 32.9 Å². The molecule has 152 valence electrons. The molecule has 0 spiro atoms. The molecule has 0 atom stereocenters. The topological polar surface area (TPSA) is 44.1 Å². The van der Waals surface area contributed by atoms with Crippen LogP contribution in [0.4, 0.5) is 0 Å². The van der Waals surface area contributed by atoms with Crippen molar-refractivity contribution in [2.75, 3.05) is 6.61 Å². The van der Waals surface area contributed by atoms with Crippen LogP contribution < -0.4 is 10.3 Å². The van der Waals surface area contributed by atoms with Crippen molar-refractivity contribution in [2.45, 2.75) is 20.4 Å². The molecule has 3 aromatic carbocycles. The molecule has 0 N–H and O–H groups in total. The minimum Gasteiger partial charge on any atom is -0.491 e. The molecule has 4 aromatic rings. The number of ether oxygens (including phenoxy) is 1. The molecule has 1 heterocycles. The molecule has 1 aromatic heterocycles. The standard InChI is InChI=1S/C24H20Cl2N2O2/c1-15-13-19(26)14-16(2)22(15)30-12-11-28-23(17-7-9-18(25)10-8-17)27-21-6-4-3-5-20(21)24(28)29/h3-10,13-14H,11-12H2,1-2H3. The highest BCUT2D eigenvalue weighted by Gasteiger charge is 2.14. The van der Waals surface area contributed by atoms with Gasteiger partial charge in [0.05, 0.1) is 17.4 Å². The van der Waals surface area contributed by atoms with E-state index in [0.717, 1.165) is 22.4 Å². The third-order valence-electron chi connectivity index (χ3n) is 4.95. The lowest BCUT2D eigenvalue weighted by atomic mass is 10.1. The van der Waals surface area contributed by atoms with Gasteiger partial charge >= 0.3 is 0 Å². The van der Waals surface area contributed by atoms with Crippen LogP contribution in [-0.2, 0) is 6.54 Å². The Labute approximate surface area is 184 Å². The van der Waals surface area contributed by atoms with E-state index >= 15 is 0 Å². The van der Waals surface area contributed by atoms with Crippen LogP contribution in [0.3, 0.4) is 0 Å². The summed E-state index contributed by atoms with van der Waals surface area (Å²) in [5, 5.41) is 1.89. The summed E-state index contributed by atoms with van der Waals surface area (Å²) < 4.78 is 7.70. The molecule has 0 bridgehead atoms. The summed E-state index contributed by atoms with van der Waals surface area (Å²) in [5.41, 5.74) is 3.30. The SMILES string of the molecule is Cc1cc(Cl)cc(C)c1OCCn1c(-c2ccc(Cl)cc2)nc2ccccc2c1=O. The quantitative estimate of drug-likeness (QED) is 0.379. The number of para-hydroxylation sites is 1. The van der Waals surface area contributed by atoms with E-state index in [1.54, 1.807) is 22.8 Å². The predicted octanol–water partition coefficient (Wildman–Crippen LogP) is 6.07. The molecule has 6 heteroatoms. The van der Waals surface area contributed by atoms with Crippen LogP contribution in [-0.4, -0.2) is 16.2 Å². The minimum atomic E-state index is -0.0984. The molecule has 4 nitrogen and oxygen atoms in total. The fourth-order valence-electron chi connectivity index (χ4n) is 3.56. The molecular weight excluding hydrogens is 419 g/mol. The number of rotatable bonds is 5. The van der Waals surface area contributed by atoms with Gasteiger partial charge in [-0.05, 0) is 73.5 Å². The van der Waals surface area contributed by atoms with Crippen LogP contribution in [0.1, 0.15) is 11.1 Å². The van der Waals surface area contributed by atoms with Gasteiger partial charge in [0.1, 0.15) is 18.2 Å². The summed E-state index contributed by atoms with van der Waals surface area (Å²) >= 11 is 12.1. The first-order chi connectivity index (χ1) is 14.4. The van der Waals surface area contributed by atoms with Gasteiger partial charge in [-0.2, -0.15) is 0 Å². The lowest BCUT2D eigenvalue weighted by Gasteiger charge is -2.16. The minimum absolute atomic E-state index is 0.0984. The molecule has 0 radical (unpaired) electrons. The molecule has 0 aliphatic heterocycles. The summed E-state index contributed by atoms with van der Waals surface area (Å²) in [4.78, 5) is 18.0. The molecule has 0 aliphatic carbocycles. The summed E-state index contributed by atoms with van der Waals surface area (Å²) in [6, 6.07) is 18.4. The van der Waals surface area contributed by atoms with Gasteiger partial charge < -0.3 is 4.74 Å².